The number of hydrogen-bond acceptors (Lipinski definition) is 7. The minimum atomic E-state index is -4.45. The van der Waals surface area contributed by atoms with Crippen molar-refractivity contribution in [3.63, 3.8) is 0 Å². The smallest absolute Gasteiger partial charge is 0.417 e. The van der Waals surface area contributed by atoms with Crippen LogP contribution in [0.1, 0.15) is 22.9 Å². The number of hydrogen-bond donors (Lipinski definition) is 0. The molecule has 0 N–H and O–H groups in total. The lowest BCUT2D eigenvalue weighted by Gasteiger charge is -2.41. The van der Waals surface area contributed by atoms with Gasteiger partial charge in [-0.15, -0.1) is 11.3 Å². The third-order valence-corrected chi connectivity index (χ3v) is 6.22. The molecule has 0 saturated carbocycles. The molecule has 2 heterocycles. The second-order valence-corrected chi connectivity index (χ2v) is 8.68. The summed E-state index contributed by atoms with van der Waals surface area (Å²) in [5.74, 6) is 0.144. The van der Waals surface area contributed by atoms with Gasteiger partial charge in [0.05, 0.1) is 30.3 Å². The lowest BCUT2D eigenvalue weighted by atomic mass is 9.91. The van der Waals surface area contributed by atoms with Crippen molar-refractivity contribution >= 4 is 17.3 Å². The Kier molecular flexibility index (Phi) is 7.20. The molecule has 0 aliphatic carbocycles. The molecule has 1 aromatic heterocycles. The normalized spacial score (nSPS) is 14.9. The Morgan fingerprint density at radius 3 is 2.53 bits per heavy atom. The molecule has 1 aliphatic heterocycles. The lowest BCUT2D eigenvalue weighted by molar-refractivity contribution is -0.221. The van der Waals surface area contributed by atoms with Gasteiger partial charge in [-0.2, -0.15) is 13.2 Å². The van der Waals surface area contributed by atoms with E-state index in [0.29, 0.717) is 23.8 Å². The van der Waals surface area contributed by atoms with E-state index < -0.39 is 23.3 Å². The Morgan fingerprint density at radius 1 is 1.15 bits per heavy atom. The first-order valence-corrected chi connectivity index (χ1v) is 11.3. The van der Waals surface area contributed by atoms with Gasteiger partial charge in [-0.3, -0.25) is 0 Å². The SMILES string of the molecule is CCOC(=O)COC1(c2ccc(OCc3cnc(-c4ccccc4C(F)(F)F)s3)cc2)COC1. The summed E-state index contributed by atoms with van der Waals surface area (Å²) in [5, 5.41) is 0.285. The van der Waals surface area contributed by atoms with Crippen molar-refractivity contribution in [3.8, 4) is 16.3 Å². The van der Waals surface area contributed by atoms with Crippen molar-refractivity contribution in [2.45, 2.75) is 25.3 Å². The van der Waals surface area contributed by atoms with Gasteiger partial charge < -0.3 is 18.9 Å². The van der Waals surface area contributed by atoms with E-state index in [9.17, 15) is 18.0 Å². The van der Waals surface area contributed by atoms with Crippen LogP contribution in [-0.2, 0) is 37.4 Å². The zero-order chi connectivity index (χ0) is 24.2. The van der Waals surface area contributed by atoms with E-state index in [1.54, 1.807) is 25.1 Å². The van der Waals surface area contributed by atoms with Crippen LogP contribution in [0, 0.1) is 0 Å². The van der Waals surface area contributed by atoms with E-state index in [-0.39, 0.29) is 30.4 Å². The number of esters is 1. The molecule has 180 valence electrons. The number of halogens is 3. The maximum absolute atomic E-state index is 13.3. The monoisotopic (exact) mass is 493 g/mol. The number of alkyl halides is 3. The number of carbonyl (C=O) groups is 1. The van der Waals surface area contributed by atoms with Gasteiger partial charge in [0.2, 0.25) is 0 Å². The van der Waals surface area contributed by atoms with Crippen LogP contribution < -0.4 is 4.74 Å². The fourth-order valence-corrected chi connectivity index (χ4v) is 4.31. The molecule has 0 bridgehead atoms. The maximum Gasteiger partial charge on any atom is 0.417 e. The summed E-state index contributed by atoms with van der Waals surface area (Å²) in [5.41, 5.74) is -0.527. The summed E-state index contributed by atoms with van der Waals surface area (Å²) < 4.78 is 61.7. The first-order valence-electron chi connectivity index (χ1n) is 10.5. The van der Waals surface area contributed by atoms with E-state index >= 15 is 0 Å². The number of aromatic nitrogens is 1. The average Bonchev–Trinajstić information content (AvgIpc) is 3.26. The van der Waals surface area contributed by atoms with Gasteiger partial charge >= 0.3 is 12.1 Å². The van der Waals surface area contributed by atoms with Gasteiger partial charge in [-0.25, -0.2) is 9.78 Å². The largest absolute Gasteiger partial charge is 0.488 e. The van der Waals surface area contributed by atoms with E-state index in [1.165, 1.54) is 18.3 Å². The van der Waals surface area contributed by atoms with E-state index in [4.69, 9.17) is 18.9 Å². The van der Waals surface area contributed by atoms with E-state index in [2.05, 4.69) is 4.98 Å². The molecule has 10 heteroatoms. The fourth-order valence-electron chi connectivity index (χ4n) is 3.45. The molecule has 0 spiro atoms. The predicted molar refractivity (Wildman–Crippen MR) is 118 cm³/mol. The summed E-state index contributed by atoms with van der Waals surface area (Å²) in [6, 6.07) is 12.6. The number of ether oxygens (including phenoxy) is 4. The van der Waals surface area contributed by atoms with Crippen LogP contribution in [0.3, 0.4) is 0 Å². The highest BCUT2D eigenvalue weighted by atomic mass is 32.1. The van der Waals surface area contributed by atoms with Crippen LogP contribution in [0.5, 0.6) is 5.75 Å². The van der Waals surface area contributed by atoms with Crippen molar-refractivity contribution < 1.29 is 36.9 Å². The zero-order valence-corrected chi connectivity index (χ0v) is 19.1. The molecule has 1 fully saturated rings. The molecular weight excluding hydrogens is 471 g/mol. The average molecular weight is 494 g/mol. The molecule has 0 unspecified atom stereocenters. The quantitative estimate of drug-likeness (QED) is 0.381. The highest BCUT2D eigenvalue weighted by molar-refractivity contribution is 7.15. The first kappa shape index (κ1) is 24.2. The second-order valence-electron chi connectivity index (χ2n) is 7.57. The summed E-state index contributed by atoms with van der Waals surface area (Å²) >= 11 is 1.15. The minimum Gasteiger partial charge on any atom is -0.488 e. The van der Waals surface area contributed by atoms with Gasteiger partial charge in [0.15, 0.2) is 0 Å². The molecular formula is C24H22F3NO5S. The Morgan fingerprint density at radius 2 is 1.88 bits per heavy atom. The van der Waals surface area contributed by atoms with Crippen LogP contribution in [0.4, 0.5) is 13.2 Å². The molecule has 1 saturated heterocycles. The summed E-state index contributed by atoms with van der Waals surface area (Å²) in [7, 11) is 0. The number of rotatable bonds is 9. The van der Waals surface area contributed by atoms with Crippen LogP contribution in [0.2, 0.25) is 0 Å². The Balaban J connectivity index is 1.39. The predicted octanol–water partition coefficient (Wildman–Crippen LogP) is 5.21. The van der Waals surface area contributed by atoms with Crippen molar-refractivity contribution in [3.05, 3.63) is 70.7 Å². The van der Waals surface area contributed by atoms with Crippen LogP contribution in [0.15, 0.2) is 54.7 Å². The summed E-state index contributed by atoms with van der Waals surface area (Å²) in [6.07, 6.45) is -2.94. The van der Waals surface area contributed by atoms with Gasteiger partial charge in [0.1, 0.15) is 29.6 Å². The number of benzene rings is 2. The number of carbonyl (C=O) groups excluding carboxylic acids is 1. The second kappa shape index (κ2) is 10.1. The van der Waals surface area contributed by atoms with E-state index in [1.807, 2.05) is 12.1 Å². The third-order valence-electron chi connectivity index (χ3n) is 5.22. The molecule has 2 aromatic carbocycles. The molecule has 0 amide bonds. The molecule has 6 nitrogen and oxygen atoms in total. The van der Waals surface area contributed by atoms with Crippen LogP contribution in [0.25, 0.3) is 10.6 Å². The summed E-state index contributed by atoms with van der Waals surface area (Å²) in [6.45, 7) is 2.67. The zero-order valence-electron chi connectivity index (χ0n) is 18.3. The number of thiazole rings is 1. The molecule has 1 aliphatic rings. The topological polar surface area (TPSA) is 66.9 Å². The standard InChI is InChI=1S/C24H22F3NO5S/c1-2-31-21(29)13-33-23(14-30-15-23)16-7-9-17(10-8-16)32-12-18-11-28-22(34-18)19-5-3-4-6-20(19)24(25,26)27/h3-11H,2,12-15H2,1H3. The van der Waals surface area contributed by atoms with Gasteiger partial charge in [0, 0.05) is 11.8 Å². The minimum absolute atomic E-state index is 0.0476. The van der Waals surface area contributed by atoms with Gasteiger partial charge in [-0.05, 0) is 30.7 Å². The van der Waals surface area contributed by atoms with Gasteiger partial charge in [-0.1, -0.05) is 30.3 Å². The Bertz CT molecular complexity index is 1130. The lowest BCUT2D eigenvalue weighted by Crippen LogP contribution is -2.49. The van der Waals surface area contributed by atoms with E-state index in [0.717, 1.165) is 23.0 Å². The first-order chi connectivity index (χ1) is 16.3. The summed E-state index contributed by atoms with van der Waals surface area (Å²) in [4.78, 5) is 16.5. The van der Waals surface area contributed by atoms with Crippen molar-refractivity contribution in [2.75, 3.05) is 26.4 Å². The Labute approximate surface area is 198 Å². The maximum atomic E-state index is 13.3. The molecule has 0 radical (unpaired) electrons. The van der Waals surface area contributed by atoms with Gasteiger partial charge in [0.25, 0.3) is 0 Å². The Hall–Kier alpha value is -2.95. The molecule has 3 aromatic rings. The highest BCUT2D eigenvalue weighted by Crippen LogP contribution is 2.38. The molecule has 34 heavy (non-hydrogen) atoms. The number of nitrogens with zero attached hydrogens (tertiary/aromatic N) is 1. The molecule has 4 rings (SSSR count). The van der Waals surface area contributed by atoms with Crippen molar-refractivity contribution in [1.29, 1.82) is 0 Å². The van der Waals surface area contributed by atoms with Crippen molar-refractivity contribution in [2.24, 2.45) is 0 Å². The highest BCUT2D eigenvalue weighted by Gasteiger charge is 2.42. The van der Waals surface area contributed by atoms with Crippen molar-refractivity contribution in [1.82, 2.24) is 4.98 Å². The molecule has 0 atom stereocenters. The third kappa shape index (κ3) is 5.40. The van der Waals surface area contributed by atoms with Crippen LogP contribution >= 0.6 is 11.3 Å². The fraction of sp³-hybridized carbons (Fsp3) is 0.333. The van der Waals surface area contributed by atoms with Crippen LogP contribution in [-0.4, -0.2) is 37.4 Å².